The first kappa shape index (κ1) is 12.5. The molecule has 3 aromatic carbocycles. The summed E-state index contributed by atoms with van der Waals surface area (Å²) in [5, 5.41) is 3.46. The summed E-state index contributed by atoms with van der Waals surface area (Å²) in [6.45, 7) is 0. The van der Waals surface area contributed by atoms with Gasteiger partial charge < -0.3 is 9.72 Å². The largest absolute Gasteiger partial charge is 0.455 e. The molecule has 0 spiro atoms. The molecule has 0 atom stereocenters. The maximum Gasteiger partial charge on any atom is 0.152 e. The van der Waals surface area contributed by atoms with E-state index in [2.05, 4.69) is 51.2 Å². The number of fused-ring (bicyclic) bond motifs is 2. The number of benzene rings is 3. The van der Waals surface area contributed by atoms with Crippen molar-refractivity contribution >= 4 is 37.6 Å². The van der Waals surface area contributed by atoms with Crippen LogP contribution in [-0.2, 0) is 0 Å². The Morgan fingerprint density at radius 2 is 1.71 bits per heavy atom. The van der Waals surface area contributed by atoms with Crippen LogP contribution in [0.15, 0.2) is 71.3 Å². The molecule has 0 fully saturated rings. The van der Waals surface area contributed by atoms with Crippen LogP contribution in [0.1, 0.15) is 0 Å². The number of aromatic amines is 1. The number of H-pyrrole nitrogens is 1. The van der Waals surface area contributed by atoms with Crippen LogP contribution in [0.2, 0.25) is 0 Å². The molecule has 0 aliphatic rings. The summed E-state index contributed by atoms with van der Waals surface area (Å²) in [4.78, 5) is 3.23. The lowest BCUT2D eigenvalue weighted by Gasteiger charge is -2.06. The lowest BCUT2D eigenvalue weighted by molar-refractivity contribution is 0.489. The number of aromatic nitrogens is 1. The monoisotopic (exact) mass is 337 g/mol. The lowest BCUT2D eigenvalue weighted by atomic mass is 10.1. The third-order valence-corrected chi connectivity index (χ3v) is 4.05. The first-order valence-electron chi connectivity index (χ1n) is 6.73. The van der Waals surface area contributed by atoms with Crippen molar-refractivity contribution in [2.24, 2.45) is 0 Å². The van der Waals surface area contributed by atoms with E-state index in [1.54, 1.807) is 0 Å². The molecule has 0 bridgehead atoms. The van der Waals surface area contributed by atoms with Crippen molar-refractivity contribution in [2.75, 3.05) is 0 Å². The van der Waals surface area contributed by atoms with E-state index >= 15 is 0 Å². The topological polar surface area (TPSA) is 25.0 Å². The standard InChI is InChI=1S/C18H12BrNO/c19-14-6-8-17-16(10-14)18(11-20-17)21-15-7-5-12-3-1-2-4-13(12)9-15/h1-11,20H. The van der Waals surface area contributed by atoms with Crippen LogP contribution in [0.25, 0.3) is 21.7 Å². The van der Waals surface area contributed by atoms with Crippen molar-refractivity contribution in [3.05, 3.63) is 71.3 Å². The van der Waals surface area contributed by atoms with Gasteiger partial charge in [-0.05, 0) is 41.1 Å². The van der Waals surface area contributed by atoms with Crippen molar-refractivity contribution in [1.82, 2.24) is 4.98 Å². The van der Waals surface area contributed by atoms with Gasteiger partial charge >= 0.3 is 0 Å². The summed E-state index contributed by atoms with van der Waals surface area (Å²) in [5.41, 5.74) is 1.06. The normalized spacial score (nSPS) is 11.1. The van der Waals surface area contributed by atoms with Gasteiger partial charge in [-0.2, -0.15) is 0 Å². The third-order valence-electron chi connectivity index (χ3n) is 3.55. The van der Waals surface area contributed by atoms with Crippen LogP contribution < -0.4 is 4.74 Å². The minimum absolute atomic E-state index is 0.835. The Balaban J connectivity index is 1.77. The van der Waals surface area contributed by atoms with Crippen LogP contribution in [0.4, 0.5) is 0 Å². The van der Waals surface area contributed by atoms with E-state index in [1.807, 2.05) is 36.5 Å². The first-order chi connectivity index (χ1) is 10.3. The summed E-state index contributed by atoms with van der Waals surface area (Å²) >= 11 is 3.50. The second-order valence-corrected chi connectivity index (χ2v) is 5.87. The van der Waals surface area contributed by atoms with Gasteiger partial charge in [-0.3, -0.25) is 0 Å². The quantitative estimate of drug-likeness (QED) is 0.485. The second-order valence-electron chi connectivity index (χ2n) is 4.95. The third kappa shape index (κ3) is 2.30. The molecular formula is C18H12BrNO. The average Bonchev–Trinajstić information content (AvgIpc) is 2.89. The number of halogens is 1. The van der Waals surface area contributed by atoms with Gasteiger partial charge in [0.15, 0.2) is 5.75 Å². The van der Waals surface area contributed by atoms with Crippen LogP contribution in [0.3, 0.4) is 0 Å². The van der Waals surface area contributed by atoms with E-state index in [0.29, 0.717) is 0 Å². The number of nitrogens with one attached hydrogen (secondary N) is 1. The Morgan fingerprint density at radius 1 is 0.857 bits per heavy atom. The summed E-state index contributed by atoms with van der Waals surface area (Å²) in [6, 6.07) is 20.5. The number of hydrogen-bond donors (Lipinski definition) is 1. The second kappa shape index (κ2) is 4.93. The molecule has 4 aromatic rings. The zero-order chi connectivity index (χ0) is 14.2. The average molecular weight is 338 g/mol. The van der Waals surface area contributed by atoms with Gasteiger partial charge in [-0.15, -0.1) is 0 Å². The predicted octanol–water partition coefficient (Wildman–Crippen LogP) is 5.88. The Bertz CT molecular complexity index is 942. The Hall–Kier alpha value is -2.26. The van der Waals surface area contributed by atoms with E-state index in [-0.39, 0.29) is 0 Å². The van der Waals surface area contributed by atoms with E-state index in [0.717, 1.165) is 26.9 Å². The first-order valence-corrected chi connectivity index (χ1v) is 7.52. The molecule has 0 saturated carbocycles. The van der Waals surface area contributed by atoms with Crippen molar-refractivity contribution in [2.45, 2.75) is 0 Å². The molecule has 0 unspecified atom stereocenters. The summed E-state index contributed by atoms with van der Waals surface area (Å²) in [6.07, 6.45) is 1.90. The number of hydrogen-bond acceptors (Lipinski definition) is 1. The van der Waals surface area contributed by atoms with Gasteiger partial charge in [-0.25, -0.2) is 0 Å². The molecular weight excluding hydrogens is 326 g/mol. The predicted molar refractivity (Wildman–Crippen MR) is 90.0 cm³/mol. The van der Waals surface area contributed by atoms with Gasteiger partial charge in [0.25, 0.3) is 0 Å². The maximum atomic E-state index is 6.04. The van der Waals surface area contributed by atoms with E-state index < -0.39 is 0 Å². The Morgan fingerprint density at radius 3 is 2.62 bits per heavy atom. The smallest absolute Gasteiger partial charge is 0.152 e. The fourth-order valence-corrected chi connectivity index (χ4v) is 2.87. The fraction of sp³-hybridized carbons (Fsp3) is 0. The molecule has 2 nitrogen and oxygen atoms in total. The van der Waals surface area contributed by atoms with Gasteiger partial charge in [-0.1, -0.05) is 46.3 Å². The number of ether oxygens (including phenoxy) is 1. The van der Waals surface area contributed by atoms with E-state index in [1.165, 1.54) is 10.8 Å². The summed E-state index contributed by atoms with van der Waals surface area (Å²) in [5.74, 6) is 1.68. The van der Waals surface area contributed by atoms with E-state index in [9.17, 15) is 0 Å². The SMILES string of the molecule is Brc1ccc2[nH]cc(Oc3ccc4ccccc4c3)c2c1. The highest BCUT2D eigenvalue weighted by Gasteiger charge is 2.07. The highest BCUT2D eigenvalue weighted by atomic mass is 79.9. The van der Waals surface area contributed by atoms with Gasteiger partial charge in [0, 0.05) is 21.6 Å². The molecule has 1 aromatic heterocycles. The number of rotatable bonds is 2. The highest BCUT2D eigenvalue weighted by molar-refractivity contribution is 9.10. The minimum atomic E-state index is 0.835. The van der Waals surface area contributed by atoms with Gasteiger partial charge in [0.05, 0.1) is 0 Å². The van der Waals surface area contributed by atoms with Crippen LogP contribution in [0.5, 0.6) is 11.5 Å². The van der Waals surface area contributed by atoms with Crippen molar-refractivity contribution in [3.8, 4) is 11.5 Å². The van der Waals surface area contributed by atoms with Crippen molar-refractivity contribution in [3.63, 3.8) is 0 Å². The molecule has 0 aliphatic heterocycles. The molecule has 21 heavy (non-hydrogen) atoms. The van der Waals surface area contributed by atoms with Crippen LogP contribution in [0, 0.1) is 0 Å². The van der Waals surface area contributed by atoms with Crippen LogP contribution in [-0.4, -0.2) is 4.98 Å². The zero-order valence-electron chi connectivity index (χ0n) is 11.1. The van der Waals surface area contributed by atoms with Gasteiger partial charge in [0.2, 0.25) is 0 Å². The van der Waals surface area contributed by atoms with Crippen LogP contribution >= 0.6 is 15.9 Å². The van der Waals surface area contributed by atoms with Gasteiger partial charge in [0.1, 0.15) is 5.75 Å². The highest BCUT2D eigenvalue weighted by Crippen LogP contribution is 2.32. The Labute approximate surface area is 130 Å². The molecule has 0 amide bonds. The van der Waals surface area contributed by atoms with Crippen molar-refractivity contribution < 1.29 is 4.74 Å². The molecule has 1 N–H and O–H groups in total. The molecule has 4 rings (SSSR count). The molecule has 0 aliphatic carbocycles. The lowest BCUT2D eigenvalue weighted by Crippen LogP contribution is -1.83. The zero-order valence-corrected chi connectivity index (χ0v) is 12.7. The molecule has 102 valence electrons. The maximum absolute atomic E-state index is 6.04. The summed E-state index contributed by atoms with van der Waals surface area (Å²) < 4.78 is 7.08. The molecule has 3 heteroatoms. The molecule has 1 heterocycles. The fourth-order valence-electron chi connectivity index (χ4n) is 2.51. The molecule has 0 radical (unpaired) electrons. The van der Waals surface area contributed by atoms with Crippen molar-refractivity contribution in [1.29, 1.82) is 0 Å². The minimum Gasteiger partial charge on any atom is -0.455 e. The molecule has 0 saturated heterocycles. The summed E-state index contributed by atoms with van der Waals surface area (Å²) in [7, 11) is 0. The Kier molecular flexibility index (Phi) is 2.93. The van der Waals surface area contributed by atoms with E-state index in [4.69, 9.17) is 4.74 Å².